The van der Waals surface area contributed by atoms with Crippen LogP contribution in [0.2, 0.25) is 0 Å². The Hall–Kier alpha value is -2.37. The third-order valence-corrected chi connectivity index (χ3v) is 5.40. The van der Waals surface area contributed by atoms with Gasteiger partial charge < -0.3 is 16.0 Å². The van der Waals surface area contributed by atoms with Crippen molar-refractivity contribution < 1.29 is 9.59 Å². The summed E-state index contributed by atoms with van der Waals surface area (Å²) in [5, 5.41) is 9.34. The first-order valence-electron chi connectivity index (χ1n) is 10.4. The van der Waals surface area contributed by atoms with E-state index in [1.807, 2.05) is 49.4 Å². The van der Waals surface area contributed by atoms with E-state index in [-0.39, 0.29) is 42.2 Å². The number of hydrogen-bond donors (Lipinski definition) is 3. The predicted octanol–water partition coefficient (Wildman–Crippen LogP) is 3.53. The van der Waals surface area contributed by atoms with Gasteiger partial charge in [-0.3, -0.25) is 9.59 Å². The van der Waals surface area contributed by atoms with Crippen LogP contribution < -0.4 is 16.0 Å². The zero-order valence-corrected chi connectivity index (χ0v) is 18.7. The number of carbonyl (C=O) groups excluding carboxylic acids is 2. The maximum absolute atomic E-state index is 12.9. The zero-order chi connectivity index (χ0) is 20.8. The molecule has 2 aromatic rings. The van der Waals surface area contributed by atoms with E-state index in [0.29, 0.717) is 19.4 Å². The van der Waals surface area contributed by atoms with Crippen LogP contribution in [0, 0.1) is 5.92 Å². The summed E-state index contributed by atoms with van der Waals surface area (Å²) in [7, 11) is 0. The molecule has 0 bridgehead atoms. The maximum Gasteiger partial charge on any atom is 0.243 e. The Kier molecular flexibility index (Phi) is 8.88. The first-order valence-corrected chi connectivity index (χ1v) is 10.4. The highest BCUT2D eigenvalue weighted by Gasteiger charge is 2.29. The van der Waals surface area contributed by atoms with Gasteiger partial charge in [-0.25, -0.2) is 0 Å². The van der Waals surface area contributed by atoms with Crippen LogP contribution in [-0.4, -0.2) is 23.9 Å². The molecule has 3 rings (SSSR count). The summed E-state index contributed by atoms with van der Waals surface area (Å²) < 4.78 is 0. The molecule has 5 nitrogen and oxygen atoms in total. The van der Waals surface area contributed by atoms with Crippen LogP contribution in [0.4, 0.5) is 0 Å². The number of nitrogens with one attached hydrogen (secondary N) is 3. The maximum atomic E-state index is 12.9. The molecular formula is C24H32ClN3O2. The summed E-state index contributed by atoms with van der Waals surface area (Å²) in [5.41, 5.74) is 3.46. The van der Waals surface area contributed by atoms with Crippen molar-refractivity contribution in [1.82, 2.24) is 16.0 Å². The molecule has 1 heterocycles. The van der Waals surface area contributed by atoms with E-state index in [9.17, 15) is 9.59 Å². The smallest absolute Gasteiger partial charge is 0.243 e. The number of halogens is 1. The third-order valence-electron chi connectivity index (χ3n) is 5.40. The zero-order valence-electron chi connectivity index (χ0n) is 17.9. The van der Waals surface area contributed by atoms with Crippen LogP contribution >= 0.6 is 12.4 Å². The van der Waals surface area contributed by atoms with Gasteiger partial charge in [-0.15, -0.1) is 12.4 Å². The van der Waals surface area contributed by atoms with Crippen molar-refractivity contribution in [1.29, 1.82) is 0 Å². The molecular weight excluding hydrogens is 398 g/mol. The Morgan fingerprint density at radius 2 is 1.60 bits per heavy atom. The molecule has 6 heteroatoms. The monoisotopic (exact) mass is 429 g/mol. The van der Waals surface area contributed by atoms with Gasteiger partial charge in [0, 0.05) is 6.54 Å². The average Bonchev–Trinajstić information content (AvgIpc) is 2.73. The Morgan fingerprint density at radius 3 is 2.27 bits per heavy atom. The molecule has 3 N–H and O–H groups in total. The van der Waals surface area contributed by atoms with Crippen LogP contribution in [0.5, 0.6) is 0 Å². The Balaban J connectivity index is 0.00000320. The van der Waals surface area contributed by atoms with Crippen LogP contribution in [-0.2, 0) is 22.6 Å². The lowest BCUT2D eigenvalue weighted by Crippen LogP contribution is -2.54. The Morgan fingerprint density at radius 1 is 0.967 bits per heavy atom. The van der Waals surface area contributed by atoms with E-state index in [2.05, 4.69) is 41.9 Å². The third kappa shape index (κ3) is 6.31. The van der Waals surface area contributed by atoms with Crippen LogP contribution in [0.25, 0.3) is 0 Å². The van der Waals surface area contributed by atoms with Crippen molar-refractivity contribution in [2.45, 2.75) is 58.3 Å². The summed E-state index contributed by atoms with van der Waals surface area (Å²) in [4.78, 5) is 25.8. The Labute approximate surface area is 185 Å². The standard InChI is InChI=1S/C24H31N3O2.ClH/c1-16(2)13-22(24(29)26-17(3)18-9-5-4-6-10-18)27-23(28)21-14-19-11-7-8-12-20(19)15-25-21;/h4-12,16-17,21-22,25H,13-15H2,1-3H3,(H,26,29)(H,27,28);1H. The predicted molar refractivity (Wildman–Crippen MR) is 122 cm³/mol. The quantitative estimate of drug-likeness (QED) is 0.630. The average molecular weight is 430 g/mol. The van der Waals surface area contributed by atoms with Gasteiger partial charge >= 0.3 is 0 Å². The van der Waals surface area contributed by atoms with E-state index in [1.54, 1.807) is 0 Å². The molecule has 1 aliphatic heterocycles. The lowest BCUT2D eigenvalue weighted by atomic mass is 9.95. The SMILES string of the molecule is CC(C)CC(NC(=O)C1Cc2ccccc2CN1)C(=O)NC(C)c1ccccc1.Cl. The lowest BCUT2D eigenvalue weighted by molar-refractivity contribution is -0.130. The van der Waals surface area contributed by atoms with Crippen molar-refractivity contribution >= 4 is 24.2 Å². The van der Waals surface area contributed by atoms with Crippen molar-refractivity contribution in [3.8, 4) is 0 Å². The molecule has 0 aliphatic carbocycles. The molecule has 0 spiro atoms. The van der Waals surface area contributed by atoms with Gasteiger partial charge in [-0.05, 0) is 42.4 Å². The van der Waals surface area contributed by atoms with Crippen molar-refractivity contribution in [2.24, 2.45) is 5.92 Å². The summed E-state index contributed by atoms with van der Waals surface area (Å²) in [6, 6.07) is 17.0. The largest absolute Gasteiger partial charge is 0.348 e. The van der Waals surface area contributed by atoms with Crippen molar-refractivity contribution in [3.05, 3.63) is 71.3 Å². The van der Waals surface area contributed by atoms with Gasteiger partial charge in [0.15, 0.2) is 0 Å². The van der Waals surface area contributed by atoms with Gasteiger partial charge in [0.2, 0.25) is 11.8 Å². The minimum atomic E-state index is -0.548. The fourth-order valence-corrected chi connectivity index (χ4v) is 3.75. The molecule has 0 saturated carbocycles. The molecule has 1 aliphatic rings. The molecule has 0 aromatic heterocycles. The fourth-order valence-electron chi connectivity index (χ4n) is 3.75. The van der Waals surface area contributed by atoms with Gasteiger partial charge in [0.1, 0.15) is 6.04 Å². The Bertz CT molecular complexity index is 841. The number of amides is 2. The second-order valence-electron chi connectivity index (χ2n) is 8.24. The molecule has 0 saturated heterocycles. The van der Waals surface area contributed by atoms with Crippen LogP contribution in [0.1, 0.15) is 49.9 Å². The van der Waals surface area contributed by atoms with Crippen LogP contribution in [0.15, 0.2) is 54.6 Å². The second-order valence-corrected chi connectivity index (χ2v) is 8.24. The minimum absolute atomic E-state index is 0. The van der Waals surface area contributed by atoms with Gasteiger partial charge in [-0.1, -0.05) is 68.4 Å². The topological polar surface area (TPSA) is 70.2 Å². The van der Waals surface area contributed by atoms with Crippen LogP contribution in [0.3, 0.4) is 0 Å². The number of benzene rings is 2. The highest BCUT2D eigenvalue weighted by atomic mass is 35.5. The van der Waals surface area contributed by atoms with E-state index < -0.39 is 6.04 Å². The number of rotatable bonds is 7. The first kappa shape index (κ1) is 23.9. The van der Waals surface area contributed by atoms with E-state index >= 15 is 0 Å². The normalized spacial score (nSPS) is 17.3. The highest BCUT2D eigenvalue weighted by Crippen LogP contribution is 2.17. The van der Waals surface area contributed by atoms with Crippen molar-refractivity contribution in [2.75, 3.05) is 0 Å². The lowest BCUT2D eigenvalue weighted by Gasteiger charge is -2.28. The second kappa shape index (κ2) is 11.1. The summed E-state index contributed by atoms with van der Waals surface area (Å²) in [5.74, 6) is 0.0328. The van der Waals surface area contributed by atoms with Gasteiger partial charge in [0.25, 0.3) is 0 Å². The molecule has 2 aromatic carbocycles. The molecule has 0 fully saturated rings. The molecule has 162 valence electrons. The minimum Gasteiger partial charge on any atom is -0.348 e. The van der Waals surface area contributed by atoms with Gasteiger partial charge in [0.05, 0.1) is 12.1 Å². The fraction of sp³-hybridized carbons (Fsp3) is 0.417. The van der Waals surface area contributed by atoms with Gasteiger partial charge in [-0.2, -0.15) is 0 Å². The number of fused-ring (bicyclic) bond motifs is 1. The molecule has 30 heavy (non-hydrogen) atoms. The summed E-state index contributed by atoms with van der Waals surface area (Å²) >= 11 is 0. The van der Waals surface area contributed by atoms with E-state index in [1.165, 1.54) is 11.1 Å². The first-order chi connectivity index (χ1) is 13.9. The number of hydrogen-bond acceptors (Lipinski definition) is 3. The summed E-state index contributed by atoms with van der Waals surface area (Å²) in [6.45, 7) is 6.74. The molecule has 0 radical (unpaired) electrons. The highest BCUT2D eigenvalue weighted by molar-refractivity contribution is 5.90. The molecule has 2 amide bonds. The molecule has 3 atom stereocenters. The molecule has 3 unspecified atom stereocenters. The van der Waals surface area contributed by atoms with E-state index in [4.69, 9.17) is 0 Å². The van der Waals surface area contributed by atoms with E-state index in [0.717, 1.165) is 5.56 Å². The number of carbonyl (C=O) groups is 2. The summed E-state index contributed by atoms with van der Waals surface area (Å²) in [6.07, 6.45) is 1.24. The van der Waals surface area contributed by atoms with Crippen molar-refractivity contribution in [3.63, 3.8) is 0 Å².